The van der Waals surface area contributed by atoms with Crippen molar-refractivity contribution in [3.05, 3.63) is 11.9 Å². The molecule has 1 rings (SSSR count). The first-order chi connectivity index (χ1) is 7.36. The summed E-state index contributed by atoms with van der Waals surface area (Å²) in [5.41, 5.74) is 6.25. The highest BCUT2D eigenvalue weighted by Crippen LogP contribution is 1.95. The Bertz CT molecular complexity index is 262. The predicted molar refractivity (Wildman–Crippen MR) is 58.3 cm³/mol. The predicted octanol–water partition coefficient (Wildman–Crippen LogP) is 0.944. The number of rotatable bonds is 8. The second-order valence-electron chi connectivity index (χ2n) is 3.50. The monoisotopic (exact) mass is 212 g/mol. The van der Waals surface area contributed by atoms with Crippen LogP contribution in [0.1, 0.15) is 31.9 Å². The molecule has 0 aromatic carbocycles. The maximum absolute atomic E-state index is 5.46. The molecule has 0 atom stereocenters. The molecule has 2 N–H and O–H groups in total. The van der Waals surface area contributed by atoms with Crippen molar-refractivity contribution in [2.45, 2.75) is 39.3 Å². The number of nitrogens with two attached hydrogens (primary N) is 1. The van der Waals surface area contributed by atoms with Gasteiger partial charge in [0.15, 0.2) is 0 Å². The van der Waals surface area contributed by atoms with Crippen LogP contribution in [0.3, 0.4) is 0 Å². The van der Waals surface area contributed by atoms with Crippen molar-refractivity contribution >= 4 is 0 Å². The van der Waals surface area contributed by atoms with Crippen LogP contribution in [0.2, 0.25) is 0 Å². The van der Waals surface area contributed by atoms with E-state index in [1.165, 1.54) is 12.8 Å². The Hall–Kier alpha value is -0.940. The van der Waals surface area contributed by atoms with Gasteiger partial charge in [0.2, 0.25) is 0 Å². The number of aromatic nitrogens is 3. The highest BCUT2D eigenvalue weighted by Gasteiger charge is 1.97. The lowest BCUT2D eigenvalue weighted by Gasteiger charge is -2.02. The molecular formula is C10H20N4O. The zero-order valence-corrected chi connectivity index (χ0v) is 9.35. The van der Waals surface area contributed by atoms with Crippen molar-refractivity contribution in [2.24, 2.45) is 5.73 Å². The lowest BCUT2D eigenvalue weighted by molar-refractivity contribution is 0.119. The fourth-order valence-electron chi connectivity index (χ4n) is 1.26. The second-order valence-corrected chi connectivity index (χ2v) is 3.50. The molecule has 0 aliphatic heterocycles. The van der Waals surface area contributed by atoms with Gasteiger partial charge in [-0.3, -0.25) is 0 Å². The average Bonchev–Trinajstić information content (AvgIpc) is 2.71. The molecule has 0 aliphatic carbocycles. The Morgan fingerprint density at radius 2 is 2.27 bits per heavy atom. The SMILES string of the molecule is CCCCCOCCn1cc(CN)nn1. The third-order valence-corrected chi connectivity index (χ3v) is 2.15. The Morgan fingerprint density at radius 1 is 1.40 bits per heavy atom. The molecule has 1 heterocycles. The minimum absolute atomic E-state index is 0.442. The van der Waals surface area contributed by atoms with Crippen molar-refractivity contribution in [1.82, 2.24) is 15.0 Å². The summed E-state index contributed by atoms with van der Waals surface area (Å²) < 4.78 is 7.23. The van der Waals surface area contributed by atoms with E-state index in [4.69, 9.17) is 10.5 Å². The van der Waals surface area contributed by atoms with E-state index >= 15 is 0 Å². The molecule has 1 aromatic heterocycles. The van der Waals surface area contributed by atoms with E-state index in [2.05, 4.69) is 17.2 Å². The van der Waals surface area contributed by atoms with E-state index in [0.29, 0.717) is 13.2 Å². The normalized spacial score (nSPS) is 10.8. The van der Waals surface area contributed by atoms with Crippen LogP contribution in [-0.2, 0) is 17.8 Å². The van der Waals surface area contributed by atoms with Crippen molar-refractivity contribution in [1.29, 1.82) is 0 Å². The second kappa shape index (κ2) is 7.36. The van der Waals surface area contributed by atoms with Gasteiger partial charge in [-0.25, -0.2) is 4.68 Å². The summed E-state index contributed by atoms with van der Waals surface area (Å²) in [6.07, 6.45) is 5.46. The molecule has 0 aliphatic rings. The maximum Gasteiger partial charge on any atom is 0.0962 e. The fraction of sp³-hybridized carbons (Fsp3) is 0.800. The van der Waals surface area contributed by atoms with Gasteiger partial charge in [0.1, 0.15) is 0 Å². The van der Waals surface area contributed by atoms with Gasteiger partial charge in [0.25, 0.3) is 0 Å². The van der Waals surface area contributed by atoms with Gasteiger partial charge in [-0.2, -0.15) is 0 Å². The standard InChI is InChI=1S/C10H20N4O/c1-2-3-4-6-15-7-5-14-9-10(8-11)12-13-14/h9H,2-8,11H2,1H3. The van der Waals surface area contributed by atoms with E-state index in [9.17, 15) is 0 Å². The molecule has 0 saturated carbocycles. The summed E-state index contributed by atoms with van der Waals surface area (Å²) >= 11 is 0. The maximum atomic E-state index is 5.46. The summed E-state index contributed by atoms with van der Waals surface area (Å²) in [5.74, 6) is 0. The Kier molecular flexibility index (Phi) is 5.96. The van der Waals surface area contributed by atoms with Crippen molar-refractivity contribution in [3.8, 4) is 0 Å². The molecule has 1 aromatic rings. The van der Waals surface area contributed by atoms with E-state index in [0.717, 1.165) is 25.3 Å². The van der Waals surface area contributed by atoms with Crippen LogP contribution >= 0.6 is 0 Å². The van der Waals surface area contributed by atoms with Crippen LogP contribution in [0, 0.1) is 0 Å². The van der Waals surface area contributed by atoms with Gasteiger partial charge >= 0.3 is 0 Å². The minimum Gasteiger partial charge on any atom is -0.380 e. The molecule has 5 nitrogen and oxygen atoms in total. The van der Waals surface area contributed by atoms with Gasteiger partial charge in [0, 0.05) is 19.3 Å². The highest BCUT2D eigenvalue weighted by molar-refractivity contribution is 4.90. The molecule has 0 amide bonds. The molecule has 5 heteroatoms. The van der Waals surface area contributed by atoms with Crippen LogP contribution in [0.25, 0.3) is 0 Å². The topological polar surface area (TPSA) is 66.0 Å². The Labute approximate surface area is 90.6 Å². The van der Waals surface area contributed by atoms with Gasteiger partial charge in [0.05, 0.1) is 18.8 Å². The number of ether oxygens (including phenoxy) is 1. The van der Waals surface area contributed by atoms with Gasteiger partial charge < -0.3 is 10.5 Å². The summed E-state index contributed by atoms with van der Waals surface area (Å²) in [7, 11) is 0. The molecule has 0 bridgehead atoms. The van der Waals surface area contributed by atoms with E-state index in [1.54, 1.807) is 4.68 Å². The molecule has 0 fully saturated rings. The zero-order chi connectivity index (χ0) is 10.9. The largest absolute Gasteiger partial charge is 0.380 e. The summed E-state index contributed by atoms with van der Waals surface area (Å²) in [5, 5.41) is 7.82. The summed E-state index contributed by atoms with van der Waals surface area (Å²) in [4.78, 5) is 0. The van der Waals surface area contributed by atoms with Crippen molar-refractivity contribution in [2.75, 3.05) is 13.2 Å². The van der Waals surface area contributed by atoms with Gasteiger partial charge in [-0.15, -0.1) is 5.10 Å². The molecule has 0 unspecified atom stereocenters. The van der Waals surface area contributed by atoms with Crippen LogP contribution in [0.5, 0.6) is 0 Å². The number of hydrogen-bond acceptors (Lipinski definition) is 4. The average molecular weight is 212 g/mol. The van der Waals surface area contributed by atoms with Crippen LogP contribution in [0.4, 0.5) is 0 Å². The van der Waals surface area contributed by atoms with Crippen molar-refractivity contribution in [3.63, 3.8) is 0 Å². The molecule has 0 radical (unpaired) electrons. The third-order valence-electron chi connectivity index (χ3n) is 2.15. The molecular weight excluding hydrogens is 192 g/mol. The van der Waals surface area contributed by atoms with E-state index < -0.39 is 0 Å². The Balaban J connectivity index is 2.04. The number of unbranched alkanes of at least 4 members (excludes halogenated alkanes) is 2. The number of hydrogen-bond donors (Lipinski definition) is 1. The highest BCUT2D eigenvalue weighted by atomic mass is 16.5. The first-order valence-electron chi connectivity index (χ1n) is 5.53. The summed E-state index contributed by atoms with van der Waals surface area (Å²) in [6, 6.07) is 0. The smallest absolute Gasteiger partial charge is 0.0962 e. The lowest BCUT2D eigenvalue weighted by Crippen LogP contribution is -2.07. The van der Waals surface area contributed by atoms with Crippen LogP contribution in [0.15, 0.2) is 6.20 Å². The third kappa shape index (κ3) is 4.90. The minimum atomic E-state index is 0.442. The first-order valence-corrected chi connectivity index (χ1v) is 5.53. The fourth-order valence-corrected chi connectivity index (χ4v) is 1.26. The molecule has 0 spiro atoms. The van der Waals surface area contributed by atoms with E-state index in [-0.39, 0.29) is 0 Å². The summed E-state index contributed by atoms with van der Waals surface area (Å²) in [6.45, 7) is 4.91. The van der Waals surface area contributed by atoms with E-state index in [1.807, 2.05) is 6.20 Å². The molecule has 86 valence electrons. The lowest BCUT2D eigenvalue weighted by atomic mass is 10.3. The van der Waals surface area contributed by atoms with Crippen LogP contribution < -0.4 is 5.73 Å². The first kappa shape index (κ1) is 12.1. The Morgan fingerprint density at radius 3 is 2.93 bits per heavy atom. The van der Waals surface area contributed by atoms with Gasteiger partial charge in [-0.05, 0) is 6.42 Å². The quantitative estimate of drug-likeness (QED) is 0.651. The zero-order valence-electron chi connectivity index (χ0n) is 9.35. The molecule has 15 heavy (non-hydrogen) atoms. The number of nitrogens with zero attached hydrogens (tertiary/aromatic N) is 3. The van der Waals surface area contributed by atoms with Crippen LogP contribution in [-0.4, -0.2) is 28.2 Å². The molecule has 0 saturated heterocycles. The van der Waals surface area contributed by atoms with Crippen molar-refractivity contribution < 1.29 is 4.74 Å². The van der Waals surface area contributed by atoms with Gasteiger partial charge in [-0.1, -0.05) is 25.0 Å².